The van der Waals surface area contributed by atoms with Crippen LogP contribution in [-0.2, 0) is 6.42 Å². The summed E-state index contributed by atoms with van der Waals surface area (Å²) in [4.78, 5) is 4.52. The van der Waals surface area contributed by atoms with E-state index in [0.717, 1.165) is 18.7 Å². The van der Waals surface area contributed by atoms with Crippen molar-refractivity contribution in [2.75, 3.05) is 6.54 Å². The molecule has 3 aromatic rings. The molecule has 3 rings (SSSR count). The van der Waals surface area contributed by atoms with Crippen LogP contribution in [0.25, 0.3) is 0 Å². The number of aromatic nitrogens is 1. The summed E-state index contributed by atoms with van der Waals surface area (Å²) < 4.78 is 0. The topological polar surface area (TPSA) is 24.9 Å². The molecule has 1 atom stereocenters. The van der Waals surface area contributed by atoms with Gasteiger partial charge in [0.25, 0.3) is 0 Å². The lowest BCUT2D eigenvalue weighted by Crippen LogP contribution is -2.25. The van der Waals surface area contributed by atoms with E-state index in [2.05, 4.69) is 71.0 Å². The van der Waals surface area contributed by atoms with Crippen molar-refractivity contribution in [1.82, 2.24) is 10.3 Å². The van der Waals surface area contributed by atoms with Crippen molar-refractivity contribution in [3.05, 3.63) is 102 Å². The normalized spacial score (nSPS) is 12.0. The number of nitrogens with zero attached hydrogens (tertiary/aromatic N) is 1. The Morgan fingerprint density at radius 2 is 1.45 bits per heavy atom. The molecule has 0 fully saturated rings. The molecule has 0 saturated heterocycles. The molecule has 2 nitrogen and oxygen atoms in total. The fourth-order valence-electron chi connectivity index (χ4n) is 2.59. The lowest BCUT2D eigenvalue weighted by Gasteiger charge is -2.19. The molecule has 1 heterocycles. The molecule has 0 bridgehead atoms. The van der Waals surface area contributed by atoms with Crippen LogP contribution >= 0.6 is 0 Å². The standard InChI is InChI=1S/C20H20N2/c1-3-9-17(10-4-1)14-16-22-20(18-11-5-2-6-12-18)19-13-7-8-15-21-19/h1-13,15,20,22H,14,16H2. The highest BCUT2D eigenvalue weighted by Gasteiger charge is 2.13. The Morgan fingerprint density at radius 1 is 0.773 bits per heavy atom. The third-order valence-electron chi connectivity index (χ3n) is 3.72. The van der Waals surface area contributed by atoms with E-state index in [9.17, 15) is 0 Å². The highest BCUT2D eigenvalue weighted by molar-refractivity contribution is 5.27. The lowest BCUT2D eigenvalue weighted by molar-refractivity contribution is 0.593. The highest BCUT2D eigenvalue weighted by Crippen LogP contribution is 2.19. The van der Waals surface area contributed by atoms with Gasteiger partial charge in [0.2, 0.25) is 0 Å². The second kappa shape index (κ2) is 7.53. The van der Waals surface area contributed by atoms with Crippen LogP contribution in [0.4, 0.5) is 0 Å². The largest absolute Gasteiger partial charge is 0.305 e. The molecular weight excluding hydrogens is 268 g/mol. The Labute approximate surface area is 131 Å². The van der Waals surface area contributed by atoms with E-state index in [4.69, 9.17) is 0 Å². The van der Waals surface area contributed by atoms with Crippen molar-refractivity contribution in [2.45, 2.75) is 12.5 Å². The maximum Gasteiger partial charge on any atom is 0.0751 e. The summed E-state index contributed by atoms with van der Waals surface area (Å²) in [5.74, 6) is 0. The predicted molar refractivity (Wildman–Crippen MR) is 90.7 cm³/mol. The van der Waals surface area contributed by atoms with Crippen LogP contribution in [0.2, 0.25) is 0 Å². The van der Waals surface area contributed by atoms with E-state index in [1.165, 1.54) is 11.1 Å². The fraction of sp³-hybridized carbons (Fsp3) is 0.150. The lowest BCUT2D eigenvalue weighted by atomic mass is 10.0. The zero-order valence-electron chi connectivity index (χ0n) is 12.5. The summed E-state index contributed by atoms with van der Waals surface area (Å²) in [5, 5.41) is 3.64. The summed E-state index contributed by atoms with van der Waals surface area (Å²) in [6.07, 6.45) is 2.86. The van der Waals surface area contributed by atoms with Gasteiger partial charge < -0.3 is 5.32 Å². The molecule has 0 spiro atoms. The van der Waals surface area contributed by atoms with Gasteiger partial charge in [-0.25, -0.2) is 0 Å². The molecule has 2 heteroatoms. The quantitative estimate of drug-likeness (QED) is 0.741. The van der Waals surface area contributed by atoms with Crippen molar-refractivity contribution in [3.63, 3.8) is 0 Å². The molecule has 0 aliphatic carbocycles. The van der Waals surface area contributed by atoms with Crippen LogP contribution in [0.15, 0.2) is 85.1 Å². The molecule has 0 amide bonds. The molecule has 1 unspecified atom stereocenters. The van der Waals surface area contributed by atoms with E-state index in [1.807, 2.05) is 24.4 Å². The zero-order valence-corrected chi connectivity index (χ0v) is 12.5. The molecule has 0 aliphatic rings. The molecule has 110 valence electrons. The van der Waals surface area contributed by atoms with E-state index >= 15 is 0 Å². The van der Waals surface area contributed by atoms with Gasteiger partial charge in [0.1, 0.15) is 0 Å². The smallest absolute Gasteiger partial charge is 0.0751 e. The number of benzene rings is 2. The van der Waals surface area contributed by atoms with E-state index in [1.54, 1.807) is 0 Å². The van der Waals surface area contributed by atoms with Gasteiger partial charge in [-0.05, 0) is 29.7 Å². The first-order valence-corrected chi connectivity index (χ1v) is 7.66. The van der Waals surface area contributed by atoms with Crippen LogP contribution in [-0.4, -0.2) is 11.5 Å². The Hall–Kier alpha value is -2.45. The number of pyridine rings is 1. The summed E-state index contributed by atoms with van der Waals surface area (Å²) in [6, 6.07) is 27.2. The third-order valence-corrected chi connectivity index (χ3v) is 3.72. The third kappa shape index (κ3) is 3.80. The maximum absolute atomic E-state index is 4.52. The minimum Gasteiger partial charge on any atom is -0.305 e. The van der Waals surface area contributed by atoms with Gasteiger partial charge in [-0.15, -0.1) is 0 Å². The van der Waals surface area contributed by atoms with Crippen LogP contribution in [0, 0.1) is 0 Å². The first-order chi connectivity index (χ1) is 10.9. The highest BCUT2D eigenvalue weighted by atomic mass is 14.9. The Balaban J connectivity index is 1.72. The van der Waals surface area contributed by atoms with Crippen molar-refractivity contribution in [1.29, 1.82) is 0 Å². The van der Waals surface area contributed by atoms with Crippen molar-refractivity contribution < 1.29 is 0 Å². The average Bonchev–Trinajstić information content (AvgIpc) is 2.61. The van der Waals surface area contributed by atoms with Crippen LogP contribution < -0.4 is 5.32 Å². The van der Waals surface area contributed by atoms with Gasteiger partial charge >= 0.3 is 0 Å². The Bertz CT molecular complexity index is 626. The van der Waals surface area contributed by atoms with Crippen molar-refractivity contribution >= 4 is 0 Å². The van der Waals surface area contributed by atoms with Crippen LogP contribution in [0.1, 0.15) is 22.9 Å². The first kappa shape index (κ1) is 14.5. The second-order valence-corrected chi connectivity index (χ2v) is 5.29. The fourth-order valence-corrected chi connectivity index (χ4v) is 2.59. The number of nitrogens with one attached hydrogen (secondary N) is 1. The molecule has 1 N–H and O–H groups in total. The minimum absolute atomic E-state index is 0.131. The predicted octanol–water partition coefficient (Wildman–Crippen LogP) is 4.00. The summed E-state index contributed by atoms with van der Waals surface area (Å²) >= 11 is 0. The molecule has 22 heavy (non-hydrogen) atoms. The molecule has 0 radical (unpaired) electrons. The van der Waals surface area contributed by atoms with Crippen molar-refractivity contribution in [2.24, 2.45) is 0 Å². The summed E-state index contributed by atoms with van der Waals surface area (Å²) in [5.41, 5.74) is 3.65. The minimum atomic E-state index is 0.131. The van der Waals surface area contributed by atoms with Crippen molar-refractivity contribution in [3.8, 4) is 0 Å². The number of hydrogen-bond donors (Lipinski definition) is 1. The van der Waals surface area contributed by atoms with E-state index in [-0.39, 0.29) is 6.04 Å². The molecular formula is C20H20N2. The molecule has 0 aliphatic heterocycles. The molecule has 1 aromatic heterocycles. The van der Waals surface area contributed by atoms with Gasteiger partial charge in [0.05, 0.1) is 11.7 Å². The Kier molecular flexibility index (Phi) is 4.96. The van der Waals surface area contributed by atoms with Gasteiger partial charge in [0.15, 0.2) is 0 Å². The van der Waals surface area contributed by atoms with Gasteiger partial charge in [-0.2, -0.15) is 0 Å². The molecule has 0 saturated carbocycles. The maximum atomic E-state index is 4.52. The number of hydrogen-bond acceptors (Lipinski definition) is 2. The van der Waals surface area contributed by atoms with Crippen LogP contribution in [0.3, 0.4) is 0 Å². The SMILES string of the molecule is c1ccc(CCNC(c2ccccc2)c2ccccn2)cc1. The monoisotopic (exact) mass is 288 g/mol. The van der Waals surface area contributed by atoms with E-state index < -0.39 is 0 Å². The number of rotatable bonds is 6. The molecule has 2 aromatic carbocycles. The Morgan fingerprint density at radius 3 is 2.14 bits per heavy atom. The zero-order chi connectivity index (χ0) is 15.0. The average molecular weight is 288 g/mol. The van der Waals surface area contributed by atoms with Gasteiger partial charge in [-0.3, -0.25) is 4.98 Å². The summed E-state index contributed by atoms with van der Waals surface area (Å²) in [7, 11) is 0. The van der Waals surface area contributed by atoms with Crippen LogP contribution in [0.5, 0.6) is 0 Å². The second-order valence-electron chi connectivity index (χ2n) is 5.29. The van der Waals surface area contributed by atoms with E-state index in [0.29, 0.717) is 0 Å². The van der Waals surface area contributed by atoms with Gasteiger partial charge in [0, 0.05) is 12.7 Å². The van der Waals surface area contributed by atoms with Gasteiger partial charge in [-0.1, -0.05) is 66.7 Å². The summed E-state index contributed by atoms with van der Waals surface area (Å²) in [6.45, 7) is 0.917. The first-order valence-electron chi connectivity index (χ1n) is 7.66.